The maximum atomic E-state index is 4.16. The Kier molecular flexibility index (Phi) is 13.1. The molecule has 0 fully saturated rings. The second-order valence-electron chi connectivity index (χ2n) is 16.6. The molecule has 44 heavy (non-hydrogen) atoms. The lowest BCUT2D eigenvalue weighted by atomic mass is 10.0. The van der Waals surface area contributed by atoms with Crippen LogP contribution in [0.15, 0.2) is 12.1 Å². The zero-order valence-electron chi connectivity index (χ0n) is 30.7. The molecule has 3 rings (SSSR count). The SMILES string of the molecule is Cc1cc2c(C#C[Si](CC(C)C)(CC(C)C)CC(C)C)c3sc(C)cc3c(C#C[Si](CC(C)C)(CC(C)C)CC(C)C)c2s1. The second-order valence-corrected chi connectivity index (χ2v) is 27.2. The van der Waals surface area contributed by atoms with Gasteiger partial charge in [0.05, 0.1) is 20.5 Å². The Balaban J connectivity index is 2.36. The van der Waals surface area contributed by atoms with Gasteiger partial charge in [0.1, 0.15) is 16.1 Å². The molecule has 0 aliphatic carbocycles. The summed E-state index contributed by atoms with van der Waals surface area (Å²) >= 11 is 3.87. The summed E-state index contributed by atoms with van der Waals surface area (Å²) in [6.07, 6.45) is 0. The van der Waals surface area contributed by atoms with Gasteiger partial charge in [0, 0.05) is 20.5 Å². The van der Waals surface area contributed by atoms with Gasteiger partial charge < -0.3 is 0 Å². The Bertz CT molecular complexity index is 1300. The summed E-state index contributed by atoms with van der Waals surface area (Å²) in [6.45, 7) is 33.4. The topological polar surface area (TPSA) is 0 Å². The molecule has 0 saturated carbocycles. The molecule has 3 aromatic rings. The molecule has 0 radical (unpaired) electrons. The first-order chi connectivity index (χ1) is 20.4. The maximum absolute atomic E-state index is 4.16. The molecule has 0 atom stereocenters. The summed E-state index contributed by atoms with van der Waals surface area (Å²) in [6, 6.07) is 12.6. The molecule has 1 aromatic carbocycles. The Hall–Kier alpha value is -1.31. The molecular weight excluding hydrogens is 601 g/mol. The van der Waals surface area contributed by atoms with Gasteiger partial charge in [-0.05, 0) is 97.8 Å². The minimum absolute atomic E-state index is 0.686. The number of hydrogen-bond donors (Lipinski definition) is 0. The highest BCUT2D eigenvalue weighted by Gasteiger charge is 2.35. The first-order valence-electron chi connectivity index (χ1n) is 17.5. The van der Waals surface area contributed by atoms with Crippen LogP contribution in [0.4, 0.5) is 0 Å². The van der Waals surface area contributed by atoms with Gasteiger partial charge in [-0.25, -0.2) is 0 Å². The predicted octanol–water partition coefficient (Wildman–Crippen LogP) is 13.3. The third-order valence-electron chi connectivity index (χ3n) is 8.40. The van der Waals surface area contributed by atoms with Gasteiger partial charge >= 0.3 is 0 Å². The van der Waals surface area contributed by atoms with E-state index in [1.165, 1.54) is 77.3 Å². The van der Waals surface area contributed by atoms with Crippen LogP contribution in [0, 0.1) is 72.3 Å². The quantitative estimate of drug-likeness (QED) is 0.134. The molecule has 0 unspecified atom stereocenters. The van der Waals surface area contributed by atoms with Crippen molar-refractivity contribution in [2.24, 2.45) is 35.5 Å². The largest absolute Gasteiger partial charge is 0.139 e. The van der Waals surface area contributed by atoms with E-state index in [0.29, 0.717) is 35.5 Å². The van der Waals surface area contributed by atoms with E-state index in [1.54, 1.807) is 0 Å². The van der Waals surface area contributed by atoms with Gasteiger partial charge in [0.2, 0.25) is 0 Å². The number of benzene rings is 1. The number of fused-ring (bicyclic) bond motifs is 2. The monoisotopic (exact) mass is 662 g/mol. The van der Waals surface area contributed by atoms with Crippen molar-refractivity contribution in [3.8, 4) is 22.9 Å². The zero-order valence-corrected chi connectivity index (χ0v) is 34.3. The van der Waals surface area contributed by atoms with Crippen LogP contribution in [0.2, 0.25) is 36.3 Å². The lowest BCUT2D eigenvalue weighted by molar-refractivity contribution is 0.650. The molecule has 0 bridgehead atoms. The molecule has 0 spiro atoms. The average molecular weight is 663 g/mol. The van der Waals surface area contributed by atoms with Crippen LogP contribution in [0.1, 0.15) is 104 Å². The van der Waals surface area contributed by atoms with Crippen LogP contribution in [0.25, 0.3) is 20.2 Å². The molecule has 0 aliphatic heterocycles. The van der Waals surface area contributed by atoms with Crippen molar-refractivity contribution < 1.29 is 0 Å². The maximum Gasteiger partial charge on any atom is 0.139 e. The Labute approximate surface area is 282 Å². The van der Waals surface area contributed by atoms with Crippen molar-refractivity contribution in [1.29, 1.82) is 0 Å². The van der Waals surface area contributed by atoms with E-state index in [-0.39, 0.29) is 0 Å². The molecule has 2 aromatic heterocycles. The smallest absolute Gasteiger partial charge is 0.139 e. The molecule has 0 amide bonds. The third kappa shape index (κ3) is 9.85. The number of rotatable bonds is 12. The second kappa shape index (κ2) is 15.5. The van der Waals surface area contributed by atoms with Crippen molar-refractivity contribution in [2.45, 2.75) is 133 Å². The zero-order chi connectivity index (χ0) is 33.0. The van der Waals surface area contributed by atoms with E-state index in [0.717, 1.165) is 0 Å². The van der Waals surface area contributed by atoms with Crippen molar-refractivity contribution in [3.63, 3.8) is 0 Å². The Morgan fingerprint density at radius 2 is 0.727 bits per heavy atom. The van der Waals surface area contributed by atoms with E-state index >= 15 is 0 Å². The Morgan fingerprint density at radius 1 is 0.477 bits per heavy atom. The van der Waals surface area contributed by atoms with E-state index in [1.807, 2.05) is 22.7 Å². The summed E-state index contributed by atoms with van der Waals surface area (Å²) in [5.74, 6) is 12.1. The fraction of sp³-hybridized carbons (Fsp3) is 0.650. The van der Waals surface area contributed by atoms with Gasteiger partial charge in [-0.3, -0.25) is 0 Å². The summed E-state index contributed by atoms with van der Waals surface area (Å²) in [5.41, 5.74) is 10.9. The van der Waals surface area contributed by atoms with Crippen molar-refractivity contribution in [1.82, 2.24) is 0 Å². The molecule has 0 aliphatic rings. The van der Waals surface area contributed by atoms with Crippen molar-refractivity contribution in [2.75, 3.05) is 0 Å². The highest BCUT2D eigenvalue weighted by molar-refractivity contribution is 7.21. The van der Waals surface area contributed by atoms with E-state index in [2.05, 4.69) is 132 Å². The van der Waals surface area contributed by atoms with Crippen LogP contribution < -0.4 is 0 Å². The standard InChI is InChI=1S/C40H62S2Si2/c1-27(2)21-43(22-28(3)4,23-29(5)6)17-15-35-37-19-33(13)42-40(37)36(38-20-34(14)41-39(35)38)16-18-44(24-30(7)8,25-31(9)10)26-32(11)12/h19-20,27-32H,21-26H2,1-14H3. The summed E-state index contributed by atoms with van der Waals surface area (Å²) in [7, 11) is -3.61. The highest BCUT2D eigenvalue weighted by atomic mass is 32.1. The number of aryl methyl sites for hydroxylation is 2. The molecule has 242 valence electrons. The van der Waals surface area contributed by atoms with Crippen molar-refractivity contribution >= 4 is 59.0 Å². The van der Waals surface area contributed by atoms with Crippen LogP contribution in [0.3, 0.4) is 0 Å². The van der Waals surface area contributed by atoms with Crippen LogP contribution >= 0.6 is 22.7 Å². The van der Waals surface area contributed by atoms with Crippen LogP contribution in [0.5, 0.6) is 0 Å². The van der Waals surface area contributed by atoms with E-state index in [4.69, 9.17) is 0 Å². The molecule has 4 heteroatoms. The first kappa shape index (κ1) is 37.2. The third-order valence-corrected chi connectivity index (χ3v) is 21.4. The summed E-state index contributed by atoms with van der Waals surface area (Å²) < 4.78 is 2.74. The fourth-order valence-corrected chi connectivity index (χ4v) is 22.0. The van der Waals surface area contributed by atoms with Gasteiger partial charge in [-0.2, -0.15) is 0 Å². The lowest BCUT2D eigenvalue weighted by Gasteiger charge is -2.31. The fourth-order valence-electron chi connectivity index (χ4n) is 8.15. The normalized spacial score (nSPS) is 12.8. The van der Waals surface area contributed by atoms with Gasteiger partial charge in [-0.1, -0.05) is 94.9 Å². The van der Waals surface area contributed by atoms with Gasteiger partial charge in [-0.15, -0.1) is 33.8 Å². The minimum Gasteiger partial charge on any atom is -0.139 e. The van der Waals surface area contributed by atoms with Crippen LogP contribution in [-0.4, -0.2) is 16.1 Å². The average Bonchev–Trinajstić information content (AvgIpc) is 3.40. The van der Waals surface area contributed by atoms with E-state index in [9.17, 15) is 0 Å². The number of hydrogen-bond acceptors (Lipinski definition) is 2. The first-order valence-corrected chi connectivity index (χ1v) is 24.3. The molecular formula is C40H62S2Si2. The van der Waals surface area contributed by atoms with E-state index < -0.39 is 16.1 Å². The lowest BCUT2D eigenvalue weighted by Crippen LogP contribution is -2.37. The minimum atomic E-state index is -1.81. The Morgan fingerprint density at radius 3 is 0.955 bits per heavy atom. The van der Waals surface area contributed by atoms with Crippen LogP contribution in [-0.2, 0) is 0 Å². The molecule has 2 heterocycles. The molecule has 0 N–H and O–H groups in total. The van der Waals surface area contributed by atoms with Gasteiger partial charge in [0.15, 0.2) is 0 Å². The van der Waals surface area contributed by atoms with Gasteiger partial charge in [0.25, 0.3) is 0 Å². The van der Waals surface area contributed by atoms with Crippen molar-refractivity contribution in [3.05, 3.63) is 33.0 Å². The molecule has 0 saturated heterocycles. The summed E-state index contributed by atoms with van der Waals surface area (Å²) in [5, 5.41) is 2.70. The molecule has 0 nitrogen and oxygen atoms in total. The summed E-state index contributed by atoms with van der Waals surface area (Å²) in [4.78, 5) is 2.73. The highest BCUT2D eigenvalue weighted by Crippen LogP contribution is 2.42. The number of thiophene rings is 2. The predicted molar refractivity (Wildman–Crippen MR) is 210 cm³/mol.